The number of allylic oxidation sites excluding steroid dienone is 3. The SMILES string of the molecule is C=N/C=C(\C=C(/C)c1ccc2nc(NC(=O)NCCOCCC)sc2c1)C(F)(F)F. The fourth-order valence-corrected chi connectivity index (χ4v) is 3.36. The fraction of sp³-hybridized carbons (Fsp3) is 0.350. The van der Waals surface area contributed by atoms with Gasteiger partial charge in [-0.15, -0.1) is 0 Å². The minimum absolute atomic E-state index is 0.374. The van der Waals surface area contributed by atoms with Gasteiger partial charge in [0.25, 0.3) is 0 Å². The molecule has 10 heteroatoms. The van der Waals surface area contributed by atoms with Crippen molar-refractivity contribution in [2.45, 2.75) is 26.4 Å². The van der Waals surface area contributed by atoms with E-state index in [9.17, 15) is 18.0 Å². The number of hydrogen-bond donors (Lipinski definition) is 2. The van der Waals surface area contributed by atoms with Crippen LogP contribution in [0.4, 0.5) is 23.1 Å². The van der Waals surface area contributed by atoms with Gasteiger partial charge in [0.15, 0.2) is 5.13 Å². The van der Waals surface area contributed by atoms with Gasteiger partial charge in [-0.25, -0.2) is 9.78 Å². The average molecular weight is 440 g/mol. The van der Waals surface area contributed by atoms with Crippen molar-refractivity contribution in [1.82, 2.24) is 10.3 Å². The predicted octanol–water partition coefficient (Wildman–Crippen LogP) is 5.39. The Bertz CT molecular complexity index is 951. The molecule has 0 unspecified atom stereocenters. The average Bonchev–Trinajstić information content (AvgIpc) is 3.07. The molecule has 0 atom stereocenters. The molecule has 1 aromatic carbocycles. The molecule has 0 saturated heterocycles. The first-order valence-electron chi connectivity index (χ1n) is 9.19. The van der Waals surface area contributed by atoms with Crippen LogP contribution in [0.25, 0.3) is 15.8 Å². The normalized spacial score (nSPS) is 12.8. The third-order valence-electron chi connectivity index (χ3n) is 3.87. The zero-order valence-corrected chi connectivity index (χ0v) is 17.5. The van der Waals surface area contributed by atoms with Crippen molar-refractivity contribution < 1.29 is 22.7 Å². The Labute approximate surface area is 176 Å². The molecular formula is C20H23F3N4O2S. The maximum atomic E-state index is 13.0. The molecule has 0 aliphatic heterocycles. The molecule has 2 aromatic rings. The molecule has 2 amide bonds. The van der Waals surface area contributed by atoms with Crippen LogP contribution in [0.2, 0.25) is 0 Å². The highest BCUT2D eigenvalue weighted by molar-refractivity contribution is 7.22. The number of fused-ring (bicyclic) bond motifs is 1. The number of rotatable bonds is 9. The number of ether oxygens (including phenoxy) is 1. The predicted molar refractivity (Wildman–Crippen MR) is 115 cm³/mol. The van der Waals surface area contributed by atoms with E-state index in [1.807, 2.05) is 6.92 Å². The van der Waals surface area contributed by atoms with E-state index in [4.69, 9.17) is 4.74 Å². The van der Waals surface area contributed by atoms with E-state index in [0.29, 0.717) is 47.7 Å². The molecule has 0 radical (unpaired) electrons. The number of aromatic nitrogens is 1. The second-order valence-electron chi connectivity index (χ2n) is 6.29. The Kier molecular flexibility index (Phi) is 8.55. The van der Waals surface area contributed by atoms with Gasteiger partial charge in [0.2, 0.25) is 0 Å². The second-order valence-corrected chi connectivity index (χ2v) is 7.32. The fourth-order valence-electron chi connectivity index (χ4n) is 2.46. The van der Waals surface area contributed by atoms with Crippen LogP contribution in [0.15, 0.2) is 41.0 Å². The summed E-state index contributed by atoms with van der Waals surface area (Å²) in [5.74, 6) is 0. The molecule has 30 heavy (non-hydrogen) atoms. The second kappa shape index (κ2) is 10.9. The maximum Gasteiger partial charge on any atom is 0.417 e. The van der Waals surface area contributed by atoms with E-state index < -0.39 is 17.8 Å². The molecule has 6 nitrogen and oxygen atoms in total. The van der Waals surface area contributed by atoms with Gasteiger partial charge < -0.3 is 10.1 Å². The summed E-state index contributed by atoms with van der Waals surface area (Å²) in [7, 11) is 0. The summed E-state index contributed by atoms with van der Waals surface area (Å²) >= 11 is 1.23. The van der Waals surface area contributed by atoms with Gasteiger partial charge in [-0.3, -0.25) is 10.3 Å². The highest BCUT2D eigenvalue weighted by Gasteiger charge is 2.32. The number of halogens is 3. The molecule has 1 aromatic heterocycles. The van der Waals surface area contributed by atoms with E-state index in [-0.39, 0.29) is 0 Å². The van der Waals surface area contributed by atoms with E-state index in [0.717, 1.165) is 17.2 Å². The molecule has 0 aliphatic carbocycles. The van der Waals surface area contributed by atoms with Crippen LogP contribution in [0, 0.1) is 0 Å². The molecule has 0 bridgehead atoms. The monoisotopic (exact) mass is 440 g/mol. The molecule has 2 rings (SSSR count). The summed E-state index contributed by atoms with van der Waals surface area (Å²) in [4.78, 5) is 19.5. The minimum Gasteiger partial charge on any atom is -0.380 e. The lowest BCUT2D eigenvalue weighted by Crippen LogP contribution is -2.31. The number of nitrogens with zero attached hydrogens (tertiary/aromatic N) is 2. The van der Waals surface area contributed by atoms with Crippen LogP contribution in [0.1, 0.15) is 25.8 Å². The van der Waals surface area contributed by atoms with Crippen LogP contribution < -0.4 is 10.6 Å². The first kappa shape index (κ1) is 23.6. The van der Waals surface area contributed by atoms with Crippen molar-refractivity contribution in [3.63, 3.8) is 0 Å². The molecule has 162 valence electrons. The summed E-state index contributed by atoms with van der Waals surface area (Å²) in [6.07, 6.45) is -1.91. The topological polar surface area (TPSA) is 75.6 Å². The number of anilines is 1. The number of urea groups is 1. The number of alkyl halides is 3. The Balaban J connectivity index is 2.10. The third-order valence-corrected chi connectivity index (χ3v) is 4.81. The number of aliphatic imine (C=N–C) groups is 1. The smallest absolute Gasteiger partial charge is 0.380 e. The number of thiazole rings is 1. The summed E-state index contributed by atoms with van der Waals surface area (Å²) in [5.41, 5.74) is 0.769. The number of hydrogen-bond acceptors (Lipinski definition) is 5. The minimum atomic E-state index is -4.52. The summed E-state index contributed by atoms with van der Waals surface area (Å²) in [6, 6.07) is 4.71. The van der Waals surface area contributed by atoms with Crippen molar-refractivity contribution >= 4 is 45.0 Å². The van der Waals surface area contributed by atoms with Gasteiger partial charge in [-0.1, -0.05) is 24.3 Å². The maximum absolute atomic E-state index is 13.0. The Hall–Kier alpha value is -2.72. The van der Waals surface area contributed by atoms with E-state index in [1.165, 1.54) is 11.3 Å². The highest BCUT2D eigenvalue weighted by Crippen LogP contribution is 2.32. The van der Waals surface area contributed by atoms with E-state index in [2.05, 4.69) is 27.3 Å². The van der Waals surface area contributed by atoms with Gasteiger partial charge in [0.05, 0.1) is 22.4 Å². The van der Waals surface area contributed by atoms with Crippen LogP contribution in [0.5, 0.6) is 0 Å². The van der Waals surface area contributed by atoms with Crippen molar-refractivity contribution in [2.75, 3.05) is 25.1 Å². The molecule has 2 N–H and O–H groups in total. The molecule has 0 spiro atoms. The number of nitrogens with one attached hydrogen (secondary N) is 2. The standard InChI is InChI=1S/C20H23F3N4O2S/c1-4-8-29-9-7-25-18(28)27-19-26-16-6-5-14(11-17(16)30-19)13(2)10-15(12-24-3)20(21,22)23/h5-6,10-12H,3-4,7-9H2,1-2H3,(H2,25,26,27,28)/b13-10+,15-12+. The lowest BCUT2D eigenvalue weighted by atomic mass is 10.0. The van der Waals surface area contributed by atoms with Gasteiger partial charge in [-0.05, 0) is 49.4 Å². The lowest BCUT2D eigenvalue weighted by molar-refractivity contribution is -0.0883. The lowest BCUT2D eigenvalue weighted by Gasteiger charge is -2.08. The molecule has 0 aliphatic rings. The Morgan fingerprint density at radius 1 is 1.37 bits per heavy atom. The first-order valence-corrected chi connectivity index (χ1v) is 10.0. The van der Waals surface area contributed by atoms with Crippen LogP contribution in [-0.4, -0.2) is 43.7 Å². The van der Waals surface area contributed by atoms with Crippen molar-refractivity contribution in [3.05, 3.63) is 41.6 Å². The number of benzene rings is 1. The van der Waals surface area contributed by atoms with Gasteiger partial charge in [-0.2, -0.15) is 13.2 Å². The number of amides is 2. The Morgan fingerprint density at radius 2 is 2.13 bits per heavy atom. The van der Waals surface area contributed by atoms with Crippen LogP contribution in [-0.2, 0) is 4.74 Å². The van der Waals surface area contributed by atoms with E-state index >= 15 is 0 Å². The molecule has 1 heterocycles. The molecular weight excluding hydrogens is 417 g/mol. The Morgan fingerprint density at radius 3 is 2.80 bits per heavy atom. The van der Waals surface area contributed by atoms with Gasteiger partial charge >= 0.3 is 12.2 Å². The summed E-state index contributed by atoms with van der Waals surface area (Å²) < 4.78 is 45.2. The number of carbonyl (C=O) groups is 1. The van der Waals surface area contributed by atoms with Crippen LogP contribution in [0.3, 0.4) is 0 Å². The molecule has 0 fully saturated rings. The first-order chi connectivity index (χ1) is 14.2. The largest absolute Gasteiger partial charge is 0.417 e. The highest BCUT2D eigenvalue weighted by atomic mass is 32.1. The quantitative estimate of drug-likeness (QED) is 0.312. The zero-order chi connectivity index (χ0) is 22.1. The van der Waals surface area contributed by atoms with Crippen molar-refractivity contribution in [1.29, 1.82) is 0 Å². The third kappa shape index (κ3) is 6.96. The van der Waals surface area contributed by atoms with Crippen molar-refractivity contribution in [2.24, 2.45) is 4.99 Å². The number of carbonyl (C=O) groups excluding carboxylic acids is 1. The van der Waals surface area contributed by atoms with Crippen LogP contribution >= 0.6 is 11.3 Å². The zero-order valence-electron chi connectivity index (χ0n) is 16.7. The van der Waals surface area contributed by atoms with Gasteiger partial charge in [0, 0.05) is 19.4 Å². The van der Waals surface area contributed by atoms with E-state index in [1.54, 1.807) is 25.1 Å². The van der Waals surface area contributed by atoms with Crippen molar-refractivity contribution in [3.8, 4) is 0 Å². The summed E-state index contributed by atoms with van der Waals surface area (Å²) in [6.45, 7) is 8.10. The summed E-state index contributed by atoms with van der Waals surface area (Å²) in [5, 5.41) is 5.71. The molecule has 0 saturated carbocycles. The van der Waals surface area contributed by atoms with Gasteiger partial charge in [0.1, 0.15) is 0 Å².